The Hall–Kier alpha value is -4.69. The Morgan fingerprint density at radius 1 is 1.07 bits per heavy atom. The fraction of sp³-hybridized carbons (Fsp3) is 0.355. The van der Waals surface area contributed by atoms with Crippen molar-refractivity contribution in [3.63, 3.8) is 0 Å². The summed E-state index contributed by atoms with van der Waals surface area (Å²) in [5.41, 5.74) is 5.60. The first-order valence-corrected chi connectivity index (χ1v) is 16.6. The van der Waals surface area contributed by atoms with Gasteiger partial charge in [-0.3, -0.25) is 14.3 Å². The lowest BCUT2D eigenvalue weighted by molar-refractivity contribution is 0.315. The zero-order valence-corrected chi connectivity index (χ0v) is 27.1. The van der Waals surface area contributed by atoms with Crippen LogP contribution in [-0.4, -0.2) is 91.9 Å². The number of methoxy groups -OCH3 is 1. The Bertz CT molecular complexity index is 1980. The average Bonchev–Trinajstić information content (AvgIpc) is 3.71. The number of benzene rings is 2. The highest BCUT2D eigenvalue weighted by Crippen LogP contribution is 2.39. The fourth-order valence-corrected chi connectivity index (χ4v) is 6.30. The number of nitrogens with zero attached hydrogens (tertiary/aromatic N) is 7. The van der Waals surface area contributed by atoms with Crippen LogP contribution in [0.2, 0.25) is 0 Å². The second-order valence-electron chi connectivity index (χ2n) is 11.4. The first kappa shape index (κ1) is 30.3. The molecule has 1 aliphatic rings. The van der Waals surface area contributed by atoms with E-state index < -0.39 is 10.0 Å². The molecule has 5 aromatic rings. The summed E-state index contributed by atoms with van der Waals surface area (Å²) in [4.78, 5) is 26.3. The van der Waals surface area contributed by atoms with E-state index in [1.807, 2.05) is 6.07 Å². The number of likely N-dealkylation sites (N-methyl/N-ethyl adjacent to an activating group) is 1. The normalized spacial score (nSPS) is 15.3. The van der Waals surface area contributed by atoms with Crippen molar-refractivity contribution in [3.8, 4) is 5.75 Å². The van der Waals surface area contributed by atoms with Gasteiger partial charge in [-0.1, -0.05) is 6.92 Å². The molecule has 3 aromatic heterocycles. The lowest BCUT2D eigenvalue weighted by Gasteiger charge is -2.25. The Morgan fingerprint density at radius 2 is 1.87 bits per heavy atom. The van der Waals surface area contributed by atoms with Crippen molar-refractivity contribution in [2.45, 2.75) is 25.8 Å². The molecule has 0 saturated carbocycles. The molecule has 0 radical (unpaired) electrons. The zero-order valence-electron chi connectivity index (χ0n) is 26.3. The second-order valence-corrected chi connectivity index (χ2v) is 13.4. The Balaban J connectivity index is 1.39. The number of ether oxygens (including phenoxy) is 1. The van der Waals surface area contributed by atoms with Crippen molar-refractivity contribution < 1.29 is 13.2 Å². The molecule has 1 aliphatic heterocycles. The van der Waals surface area contributed by atoms with Crippen molar-refractivity contribution in [1.82, 2.24) is 29.8 Å². The molecule has 13 nitrogen and oxygen atoms in total. The second kappa shape index (κ2) is 12.0. The van der Waals surface area contributed by atoms with Crippen LogP contribution in [0.5, 0.6) is 5.75 Å². The third-order valence-electron chi connectivity index (χ3n) is 8.36. The number of aryl methyl sites for hydroxylation is 1. The summed E-state index contributed by atoms with van der Waals surface area (Å²) in [5.74, 6) is 1.51. The molecule has 1 atom stereocenters. The molecule has 0 amide bonds. The standard InChI is InChI=1S/C31H38N10O3S/c1-7-19-16-24(26(44-5)17-25(19)41-15-11-20(18-41)39(2)3)36-31-37-29-21(10-12-34-29)30(38-31)35-23-9-8-22-27(33-14-13-32-22)28(23)40(4)45(6,42)43/h8-10,12-14,16-17,20H,7,11,15,18H2,1-6H3,(H3,34,35,36,37,38). The summed E-state index contributed by atoms with van der Waals surface area (Å²) in [5, 5.41) is 7.47. The van der Waals surface area contributed by atoms with Gasteiger partial charge in [-0.25, -0.2) is 8.42 Å². The summed E-state index contributed by atoms with van der Waals surface area (Å²) in [6.45, 7) is 4.11. The highest BCUT2D eigenvalue weighted by atomic mass is 32.2. The van der Waals surface area contributed by atoms with Gasteiger partial charge in [-0.15, -0.1) is 0 Å². The van der Waals surface area contributed by atoms with Crippen LogP contribution in [0, 0.1) is 0 Å². The van der Waals surface area contributed by atoms with Gasteiger partial charge in [-0.05, 0) is 56.8 Å². The van der Waals surface area contributed by atoms with Gasteiger partial charge in [0.2, 0.25) is 16.0 Å². The number of nitrogens with one attached hydrogen (secondary N) is 3. The Labute approximate surface area is 262 Å². The van der Waals surface area contributed by atoms with Crippen LogP contribution < -0.4 is 24.6 Å². The maximum absolute atomic E-state index is 12.7. The van der Waals surface area contributed by atoms with Crippen LogP contribution in [-0.2, 0) is 16.4 Å². The minimum atomic E-state index is -3.62. The van der Waals surface area contributed by atoms with Crippen LogP contribution in [0.4, 0.5) is 34.5 Å². The van der Waals surface area contributed by atoms with E-state index in [-0.39, 0.29) is 0 Å². The number of aromatic nitrogens is 5. The van der Waals surface area contributed by atoms with Crippen molar-refractivity contribution in [2.24, 2.45) is 0 Å². The molecule has 1 fully saturated rings. The number of aromatic amines is 1. The number of hydrogen-bond donors (Lipinski definition) is 3. The highest BCUT2D eigenvalue weighted by Gasteiger charge is 2.27. The lowest BCUT2D eigenvalue weighted by atomic mass is 10.1. The molecule has 236 valence electrons. The first-order chi connectivity index (χ1) is 21.6. The smallest absolute Gasteiger partial charge is 0.232 e. The molecule has 4 heterocycles. The number of H-pyrrole nitrogens is 1. The van der Waals surface area contributed by atoms with Gasteiger partial charge < -0.3 is 30.2 Å². The largest absolute Gasteiger partial charge is 0.494 e. The molecular formula is C31H38N10O3S. The minimum absolute atomic E-state index is 0.341. The molecule has 3 N–H and O–H groups in total. The summed E-state index contributed by atoms with van der Waals surface area (Å²) in [7, 11) is 3.79. The van der Waals surface area contributed by atoms with Gasteiger partial charge in [0.1, 0.15) is 28.4 Å². The van der Waals surface area contributed by atoms with Crippen molar-refractivity contribution in [3.05, 3.63) is 54.5 Å². The monoisotopic (exact) mass is 630 g/mol. The van der Waals surface area contributed by atoms with Crippen molar-refractivity contribution in [1.29, 1.82) is 0 Å². The van der Waals surface area contributed by atoms with Crippen molar-refractivity contribution >= 4 is 66.6 Å². The van der Waals surface area contributed by atoms with Crippen LogP contribution in [0.1, 0.15) is 18.9 Å². The van der Waals surface area contributed by atoms with Gasteiger partial charge >= 0.3 is 0 Å². The Morgan fingerprint density at radius 3 is 2.58 bits per heavy atom. The molecular weight excluding hydrogens is 592 g/mol. The zero-order chi connectivity index (χ0) is 31.9. The van der Waals surface area contributed by atoms with Crippen molar-refractivity contribution in [2.75, 3.05) is 67.4 Å². The predicted octanol–water partition coefficient (Wildman–Crippen LogP) is 4.50. The lowest BCUT2D eigenvalue weighted by Crippen LogP contribution is -2.31. The van der Waals surface area contributed by atoms with E-state index in [2.05, 4.69) is 68.5 Å². The van der Waals surface area contributed by atoms with E-state index in [1.165, 1.54) is 28.8 Å². The van der Waals surface area contributed by atoms with Crippen LogP contribution in [0.3, 0.4) is 0 Å². The molecule has 1 unspecified atom stereocenters. The van der Waals surface area contributed by atoms with E-state index in [0.717, 1.165) is 43.3 Å². The molecule has 0 aliphatic carbocycles. The third kappa shape index (κ3) is 5.90. The summed E-state index contributed by atoms with van der Waals surface area (Å²) in [6.07, 6.45) is 8.01. The predicted molar refractivity (Wildman–Crippen MR) is 180 cm³/mol. The number of fused-ring (bicyclic) bond motifs is 2. The van der Waals surface area contributed by atoms with Gasteiger partial charge in [0.15, 0.2) is 0 Å². The van der Waals surface area contributed by atoms with Gasteiger partial charge in [-0.2, -0.15) is 9.97 Å². The van der Waals surface area contributed by atoms with E-state index in [4.69, 9.17) is 14.7 Å². The van der Waals surface area contributed by atoms with Gasteiger partial charge in [0, 0.05) is 56.5 Å². The fourth-order valence-electron chi connectivity index (χ4n) is 5.79. The molecule has 2 aromatic carbocycles. The maximum atomic E-state index is 12.7. The van der Waals surface area contributed by atoms with Crippen LogP contribution in [0.15, 0.2) is 48.9 Å². The molecule has 0 bridgehead atoms. The summed E-state index contributed by atoms with van der Waals surface area (Å²) < 4.78 is 32.4. The molecule has 6 rings (SSSR count). The third-order valence-corrected chi connectivity index (χ3v) is 9.53. The van der Waals surface area contributed by atoms with Gasteiger partial charge in [0.05, 0.1) is 35.6 Å². The average molecular weight is 631 g/mol. The number of hydrogen-bond acceptors (Lipinski definition) is 11. The molecule has 14 heteroatoms. The first-order valence-electron chi connectivity index (χ1n) is 14.8. The number of anilines is 6. The summed E-state index contributed by atoms with van der Waals surface area (Å²) >= 11 is 0. The quantitative estimate of drug-likeness (QED) is 0.201. The number of rotatable bonds is 10. The topological polar surface area (TPSA) is 144 Å². The molecule has 0 spiro atoms. The molecule has 1 saturated heterocycles. The SMILES string of the molecule is CCc1cc(Nc2nc(Nc3ccc4nccnc4c3N(C)S(C)(=O)=O)c3cc[nH]c3n2)c(OC)cc1N1CCC(N(C)C)C1. The van der Waals surface area contributed by atoms with E-state index in [9.17, 15) is 8.42 Å². The van der Waals surface area contributed by atoms with Crippen LogP contribution >= 0.6 is 0 Å². The maximum Gasteiger partial charge on any atom is 0.232 e. The van der Waals surface area contributed by atoms with E-state index >= 15 is 0 Å². The van der Waals surface area contributed by atoms with Gasteiger partial charge in [0.25, 0.3) is 0 Å². The molecule has 45 heavy (non-hydrogen) atoms. The van der Waals surface area contributed by atoms with Crippen LogP contribution in [0.25, 0.3) is 22.1 Å². The van der Waals surface area contributed by atoms with E-state index in [1.54, 1.807) is 31.6 Å². The number of sulfonamides is 1. The summed E-state index contributed by atoms with van der Waals surface area (Å²) in [6, 6.07) is 10.1. The highest BCUT2D eigenvalue weighted by molar-refractivity contribution is 7.92. The Kier molecular flexibility index (Phi) is 8.10. The van der Waals surface area contributed by atoms with E-state index in [0.29, 0.717) is 51.6 Å². The minimum Gasteiger partial charge on any atom is -0.494 e.